The topological polar surface area (TPSA) is 60.0 Å². The van der Waals surface area contributed by atoms with Gasteiger partial charge in [-0.15, -0.1) is 24.0 Å². The van der Waals surface area contributed by atoms with Crippen molar-refractivity contribution in [2.45, 2.75) is 32.4 Å². The molecule has 1 amide bonds. The van der Waals surface area contributed by atoms with Gasteiger partial charge in [-0.2, -0.15) is 0 Å². The minimum atomic E-state index is 0. The van der Waals surface area contributed by atoms with Crippen LogP contribution in [0.25, 0.3) is 0 Å². The number of aliphatic imine (C=N–C) groups is 1. The van der Waals surface area contributed by atoms with Crippen LogP contribution in [0.5, 0.6) is 0 Å². The van der Waals surface area contributed by atoms with Crippen molar-refractivity contribution in [2.24, 2.45) is 4.99 Å². The number of rotatable bonds is 7. The van der Waals surface area contributed by atoms with E-state index in [0.29, 0.717) is 18.5 Å². The molecule has 156 valence electrons. The molecule has 28 heavy (non-hydrogen) atoms. The average Bonchev–Trinajstić information content (AvgIpc) is 2.65. The number of halogens is 1. The van der Waals surface area contributed by atoms with Crippen LogP contribution in [0.15, 0.2) is 47.5 Å². The summed E-state index contributed by atoms with van der Waals surface area (Å²) in [5.41, 5.74) is 2.35. The monoisotopic (exact) mass is 499 g/mol. The first-order valence-corrected chi connectivity index (χ1v) is 9.59. The van der Waals surface area contributed by atoms with E-state index in [4.69, 9.17) is 0 Å². The summed E-state index contributed by atoms with van der Waals surface area (Å²) >= 11 is 0. The van der Waals surface area contributed by atoms with Crippen LogP contribution in [-0.2, 0) is 11.3 Å². The summed E-state index contributed by atoms with van der Waals surface area (Å²) in [6.45, 7) is 9.97. The van der Waals surface area contributed by atoms with Crippen LogP contribution in [0.2, 0.25) is 0 Å². The molecule has 2 N–H and O–H groups in total. The molecule has 0 spiro atoms. The second kappa shape index (κ2) is 12.8. The van der Waals surface area contributed by atoms with E-state index in [-0.39, 0.29) is 36.4 Å². The summed E-state index contributed by atoms with van der Waals surface area (Å²) in [6, 6.07) is 10.5. The Bertz CT molecular complexity index is 639. The van der Waals surface area contributed by atoms with Gasteiger partial charge in [-0.3, -0.25) is 9.69 Å². The van der Waals surface area contributed by atoms with Gasteiger partial charge in [0.2, 0.25) is 5.91 Å². The third-order valence-electron chi connectivity index (χ3n) is 4.59. The number of hydrogen-bond donors (Lipinski definition) is 2. The van der Waals surface area contributed by atoms with Crippen molar-refractivity contribution < 1.29 is 4.79 Å². The van der Waals surface area contributed by atoms with Gasteiger partial charge in [0.25, 0.3) is 0 Å². The standard InChI is InChI=1S/C21H33N5O.HI/c1-17(2)16-26-12-10-19(11-13-26)24-21(23-15-20(27)25(3)4)22-14-18-8-6-5-7-9-18;/h5-9,19H,1,10-16H2,2-4H3,(H2,22,23,24);1H. The number of piperidine rings is 1. The molecule has 0 aromatic heterocycles. The van der Waals surface area contributed by atoms with Gasteiger partial charge in [0.05, 0.1) is 13.1 Å². The fourth-order valence-electron chi connectivity index (χ4n) is 3.03. The van der Waals surface area contributed by atoms with Crippen LogP contribution in [0, 0.1) is 0 Å². The first-order valence-electron chi connectivity index (χ1n) is 9.59. The molecule has 1 aliphatic heterocycles. The number of nitrogens with one attached hydrogen (secondary N) is 2. The van der Waals surface area contributed by atoms with Crippen molar-refractivity contribution in [1.82, 2.24) is 20.4 Å². The van der Waals surface area contributed by atoms with Crippen LogP contribution in [0.3, 0.4) is 0 Å². The summed E-state index contributed by atoms with van der Waals surface area (Å²) in [4.78, 5) is 20.6. The average molecular weight is 499 g/mol. The first-order chi connectivity index (χ1) is 12.9. The normalized spacial score (nSPS) is 15.5. The Morgan fingerprint density at radius 2 is 1.89 bits per heavy atom. The first kappa shape index (κ1) is 24.4. The minimum Gasteiger partial charge on any atom is -0.354 e. The second-order valence-corrected chi connectivity index (χ2v) is 7.44. The zero-order valence-corrected chi connectivity index (χ0v) is 19.6. The van der Waals surface area contributed by atoms with E-state index in [0.717, 1.165) is 38.0 Å². The molecule has 1 aromatic rings. The number of carbonyl (C=O) groups excluding carboxylic acids is 1. The van der Waals surface area contributed by atoms with Gasteiger partial charge in [0.15, 0.2) is 5.96 Å². The predicted octanol–water partition coefficient (Wildman–Crippen LogP) is 2.47. The summed E-state index contributed by atoms with van der Waals surface area (Å²) in [5.74, 6) is 0.730. The highest BCUT2D eigenvalue weighted by Crippen LogP contribution is 2.11. The van der Waals surface area contributed by atoms with Gasteiger partial charge in [-0.1, -0.05) is 42.5 Å². The number of amides is 1. The van der Waals surface area contributed by atoms with Crippen molar-refractivity contribution >= 4 is 35.8 Å². The molecule has 6 nitrogen and oxygen atoms in total. The maximum atomic E-state index is 11.9. The van der Waals surface area contributed by atoms with Crippen LogP contribution < -0.4 is 10.6 Å². The van der Waals surface area contributed by atoms with Gasteiger partial charge in [0, 0.05) is 39.8 Å². The third kappa shape index (κ3) is 9.05. The Balaban J connectivity index is 0.00000392. The molecule has 1 heterocycles. The molecule has 0 unspecified atom stereocenters. The maximum absolute atomic E-state index is 11.9. The summed E-state index contributed by atoms with van der Waals surface area (Å²) in [7, 11) is 3.52. The van der Waals surface area contributed by atoms with Gasteiger partial charge in [0.1, 0.15) is 0 Å². The van der Waals surface area contributed by atoms with Crippen LogP contribution in [0.1, 0.15) is 25.3 Å². The van der Waals surface area contributed by atoms with E-state index in [1.54, 1.807) is 19.0 Å². The SMILES string of the molecule is C=C(C)CN1CCC(NC(=NCc2ccccc2)NCC(=O)N(C)C)CC1.I. The number of carbonyl (C=O) groups is 1. The molecular formula is C21H34IN5O. The zero-order valence-electron chi connectivity index (χ0n) is 17.3. The lowest BCUT2D eigenvalue weighted by Crippen LogP contribution is -2.50. The Labute approximate surface area is 186 Å². The fraction of sp³-hybridized carbons (Fsp3) is 0.524. The predicted molar refractivity (Wildman–Crippen MR) is 127 cm³/mol. The van der Waals surface area contributed by atoms with E-state index in [2.05, 4.69) is 46.2 Å². The smallest absolute Gasteiger partial charge is 0.241 e. The molecule has 0 saturated carbocycles. The zero-order chi connectivity index (χ0) is 19.6. The molecule has 0 radical (unpaired) electrons. The molecule has 1 saturated heterocycles. The number of guanidine groups is 1. The molecule has 1 fully saturated rings. The Morgan fingerprint density at radius 3 is 2.46 bits per heavy atom. The molecule has 1 aromatic carbocycles. The quantitative estimate of drug-likeness (QED) is 0.262. The highest BCUT2D eigenvalue weighted by Gasteiger charge is 2.20. The number of benzene rings is 1. The van der Waals surface area contributed by atoms with Crippen molar-refractivity contribution in [3.05, 3.63) is 48.0 Å². The molecule has 7 heteroatoms. The van der Waals surface area contributed by atoms with Gasteiger partial charge >= 0.3 is 0 Å². The summed E-state index contributed by atoms with van der Waals surface area (Å²) in [6.07, 6.45) is 2.11. The van der Waals surface area contributed by atoms with Crippen molar-refractivity contribution in [3.8, 4) is 0 Å². The summed E-state index contributed by atoms with van der Waals surface area (Å²) < 4.78 is 0. The Hall–Kier alpha value is -1.61. The lowest BCUT2D eigenvalue weighted by atomic mass is 10.0. The largest absolute Gasteiger partial charge is 0.354 e. The Morgan fingerprint density at radius 1 is 1.25 bits per heavy atom. The van der Waals surface area contributed by atoms with E-state index in [1.165, 1.54) is 5.57 Å². The van der Waals surface area contributed by atoms with E-state index >= 15 is 0 Å². The maximum Gasteiger partial charge on any atom is 0.241 e. The van der Waals surface area contributed by atoms with Crippen LogP contribution in [-0.4, -0.2) is 68.0 Å². The van der Waals surface area contributed by atoms with Crippen LogP contribution in [0.4, 0.5) is 0 Å². The van der Waals surface area contributed by atoms with Crippen molar-refractivity contribution in [3.63, 3.8) is 0 Å². The number of likely N-dealkylation sites (N-methyl/N-ethyl adjacent to an activating group) is 1. The molecule has 0 atom stereocenters. The van der Waals surface area contributed by atoms with Gasteiger partial charge in [-0.25, -0.2) is 4.99 Å². The summed E-state index contributed by atoms with van der Waals surface area (Å²) in [5, 5.41) is 6.70. The van der Waals surface area contributed by atoms with E-state index in [9.17, 15) is 4.79 Å². The minimum absolute atomic E-state index is 0. The third-order valence-corrected chi connectivity index (χ3v) is 4.59. The molecule has 0 aliphatic carbocycles. The fourth-order valence-corrected chi connectivity index (χ4v) is 3.03. The number of nitrogens with zero attached hydrogens (tertiary/aromatic N) is 3. The van der Waals surface area contributed by atoms with E-state index in [1.807, 2.05) is 18.2 Å². The highest BCUT2D eigenvalue weighted by atomic mass is 127. The van der Waals surface area contributed by atoms with Crippen LogP contribution >= 0.6 is 24.0 Å². The van der Waals surface area contributed by atoms with E-state index < -0.39 is 0 Å². The lowest BCUT2D eigenvalue weighted by Gasteiger charge is -2.33. The number of likely N-dealkylation sites (tertiary alicyclic amines) is 1. The lowest BCUT2D eigenvalue weighted by molar-refractivity contribution is -0.127. The Kier molecular flexibility index (Phi) is 11.1. The number of hydrogen-bond acceptors (Lipinski definition) is 3. The molecule has 0 bridgehead atoms. The molecule has 2 rings (SSSR count). The molecular weight excluding hydrogens is 465 g/mol. The highest BCUT2D eigenvalue weighted by molar-refractivity contribution is 14.0. The van der Waals surface area contributed by atoms with Crippen molar-refractivity contribution in [2.75, 3.05) is 40.3 Å². The second-order valence-electron chi connectivity index (χ2n) is 7.44. The van der Waals surface area contributed by atoms with Gasteiger partial charge < -0.3 is 15.5 Å². The van der Waals surface area contributed by atoms with Crippen molar-refractivity contribution in [1.29, 1.82) is 0 Å². The molecule has 1 aliphatic rings. The van der Waals surface area contributed by atoms with Gasteiger partial charge in [-0.05, 0) is 25.3 Å².